The first-order valence-electron chi connectivity index (χ1n) is 3.96. The minimum atomic E-state index is -0.830. The number of nitrogen functional groups attached to an aromatic ring is 1. The predicted octanol–water partition coefficient (Wildman–Crippen LogP) is 0.345. The number of fused-ring (bicyclic) bond motifs is 1. The Labute approximate surface area is 75.6 Å². The summed E-state index contributed by atoms with van der Waals surface area (Å²) < 4.78 is 0. The molecule has 1 aliphatic heterocycles. The van der Waals surface area contributed by atoms with Crippen LogP contribution in [0, 0.1) is 0 Å². The summed E-state index contributed by atoms with van der Waals surface area (Å²) in [5.41, 5.74) is 7.19. The van der Waals surface area contributed by atoms with E-state index in [0.717, 1.165) is 0 Å². The standard InChI is InChI=1S/C9H10N2O2/c1-11-8(12)6-3-2-5(10)4-7(6)9(11)13/h2-4,8,12H,10H2,1H3. The molecule has 2 rings (SSSR count). The van der Waals surface area contributed by atoms with E-state index in [1.54, 1.807) is 25.2 Å². The van der Waals surface area contributed by atoms with Gasteiger partial charge in [0.2, 0.25) is 0 Å². The van der Waals surface area contributed by atoms with Crippen LogP contribution < -0.4 is 5.73 Å². The number of carbonyl (C=O) groups is 1. The number of hydrogen-bond donors (Lipinski definition) is 2. The monoisotopic (exact) mass is 178 g/mol. The Hall–Kier alpha value is -1.55. The van der Waals surface area contributed by atoms with Crippen LogP contribution in [-0.4, -0.2) is 23.0 Å². The molecule has 13 heavy (non-hydrogen) atoms. The number of carbonyl (C=O) groups excluding carboxylic acids is 1. The van der Waals surface area contributed by atoms with E-state index >= 15 is 0 Å². The minimum Gasteiger partial charge on any atom is -0.399 e. The lowest BCUT2D eigenvalue weighted by Gasteiger charge is -2.13. The second-order valence-electron chi connectivity index (χ2n) is 3.14. The number of benzene rings is 1. The molecule has 1 aromatic rings. The summed E-state index contributed by atoms with van der Waals surface area (Å²) in [6, 6.07) is 4.94. The first-order chi connectivity index (χ1) is 6.11. The summed E-state index contributed by atoms with van der Waals surface area (Å²) in [5, 5.41) is 9.58. The van der Waals surface area contributed by atoms with E-state index in [2.05, 4.69) is 0 Å². The van der Waals surface area contributed by atoms with Crippen molar-refractivity contribution in [2.24, 2.45) is 0 Å². The van der Waals surface area contributed by atoms with Gasteiger partial charge < -0.3 is 15.7 Å². The normalized spacial score (nSPS) is 20.6. The van der Waals surface area contributed by atoms with Gasteiger partial charge in [0.1, 0.15) is 0 Å². The molecule has 0 fully saturated rings. The maximum Gasteiger partial charge on any atom is 0.256 e. The van der Waals surface area contributed by atoms with Crippen molar-refractivity contribution in [2.75, 3.05) is 12.8 Å². The summed E-state index contributed by atoms with van der Waals surface area (Å²) in [6.45, 7) is 0. The highest BCUT2D eigenvalue weighted by Gasteiger charge is 2.32. The summed E-state index contributed by atoms with van der Waals surface area (Å²) in [7, 11) is 1.56. The van der Waals surface area contributed by atoms with Crippen molar-refractivity contribution < 1.29 is 9.90 Å². The van der Waals surface area contributed by atoms with E-state index in [1.807, 2.05) is 0 Å². The molecule has 1 unspecified atom stereocenters. The number of nitrogens with zero attached hydrogens (tertiary/aromatic N) is 1. The van der Waals surface area contributed by atoms with Crippen molar-refractivity contribution in [3.05, 3.63) is 29.3 Å². The number of rotatable bonds is 0. The van der Waals surface area contributed by atoms with Gasteiger partial charge in [-0.3, -0.25) is 4.79 Å². The maximum absolute atomic E-state index is 11.5. The Morgan fingerprint density at radius 2 is 2.23 bits per heavy atom. The molecule has 0 saturated heterocycles. The van der Waals surface area contributed by atoms with Crippen molar-refractivity contribution in [3.8, 4) is 0 Å². The van der Waals surface area contributed by atoms with Crippen LogP contribution in [0.2, 0.25) is 0 Å². The lowest BCUT2D eigenvalue weighted by Crippen LogP contribution is -2.22. The van der Waals surface area contributed by atoms with Crippen LogP contribution in [0.3, 0.4) is 0 Å². The molecular formula is C9H10N2O2. The van der Waals surface area contributed by atoms with Crippen molar-refractivity contribution >= 4 is 11.6 Å². The lowest BCUT2D eigenvalue weighted by atomic mass is 10.1. The first-order valence-corrected chi connectivity index (χ1v) is 3.96. The van der Waals surface area contributed by atoms with Gasteiger partial charge in [-0.15, -0.1) is 0 Å². The highest BCUT2D eigenvalue weighted by atomic mass is 16.3. The SMILES string of the molecule is CN1C(=O)c2cc(N)ccc2C1O. The summed E-state index contributed by atoms with van der Waals surface area (Å²) in [4.78, 5) is 12.8. The highest BCUT2D eigenvalue weighted by Crippen LogP contribution is 2.31. The van der Waals surface area contributed by atoms with Gasteiger partial charge in [-0.2, -0.15) is 0 Å². The molecule has 0 aromatic heterocycles. The van der Waals surface area contributed by atoms with Crippen molar-refractivity contribution in [1.82, 2.24) is 4.90 Å². The average Bonchev–Trinajstić information content (AvgIpc) is 2.32. The molecule has 4 nitrogen and oxygen atoms in total. The second-order valence-corrected chi connectivity index (χ2v) is 3.14. The fourth-order valence-corrected chi connectivity index (χ4v) is 1.49. The van der Waals surface area contributed by atoms with E-state index in [1.165, 1.54) is 4.90 Å². The number of hydrogen-bond acceptors (Lipinski definition) is 3. The Bertz CT molecular complexity index is 376. The van der Waals surface area contributed by atoms with E-state index in [0.29, 0.717) is 16.8 Å². The Morgan fingerprint density at radius 3 is 2.92 bits per heavy atom. The molecule has 0 saturated carbocycles. The fraction of sp³-hybridized carbons (Fsp3) is 0.222. The third kappa shape index (κ3) is 0.990. The molecule has 0 radical (unpaired) electrons. The van der Waals surface area contributed by atoms with Crippen LogP contribution in [0.25, 0.3) is 0 Å². The van der Waals surface area contributed by atoms with Crippen LogP contribution >= 0.6 is 0 Å². The lowest BCUT2D eigenvalue weighted by molar-refractivity contribution is 0.0302. The smallest absolute Gasteiger partial charge is 0.256 e. The first kappa shape index (κ1) is 8.07. The van der Waals surface area contributed by atoms with Gasteiger partial charge in [-0.25, -0.2) is 0 Å². The summed E-state index contributed by atoms with van der Waals surface area (Å²) in [5.74, 6) is -0.185. The van der Waals surface area contributed by atoms with Crippen LogP contribution in [0.4, 0.5) is 5.69 Å². The van der Waals surface area contributed by atoms with E-state index in [4.69, 9.17) is 5.73 Å². The molecule has 0 aliphatic carbocycles. The fourth-order valence-electron chi connectivity index (χ4n) is 1.49. The quantitative estimate of drug-likeness (QED) is 0.563. The second kappa shape index (κ2) is 2.47. The molecule has 1 aliphatic rings. The third-order valence-corrected chi connectivity index (χ3v) is 2.27. The number of anilines is 1. The zero-order valence-electron chi connectivity index (χ0n) is 7.19. The molecule has 1 aromatic carbocycles. The van der Waals surface area contributed by atoms with Crippen molar-refractivity contribution in [1.29, 1.82) is 0 Å². The van der Waals surface area contributed by atoms with Gasteiger partial charge in [0, 0.05) is 23.9 Å². The van der Waals surface area contributed by atoms with Gasteiger partial charge in [0.25, 0.3) is 5.91 Å². The van der Waals surface area contributed by atoms with Gasteiger partial charge in [-0.05, 0) is 12.1 Å². The third-order valence-electron chi connectivity index (χ3n) is 2.27. The largest absolute Gasteiger partial charge is 0.399 e. The van der Waals surface area contributed by atoms with E-state index in [9.17, 15) is 9.90 Å². The molecule has 4 heteroatoms. The highest BCUT2D eigenvalue weighted by molar-refractivity contribution is 5.99. The predicted molar refractivity (Wildman–Crippen MR) is 47.9 cm³/mol. The molecule has 1 atom stereocenters. The van der Waals surface area contributed by atoms with E-state index in [-0.39, 0.29) is 5.91 Å². The molecule has 1 amide bonds. The van der Waals surface area contributed by atoms with Crippen LogP contribution in [-0.2, 0) is 0 Å². The van der Waals surface area contributed by atoms with E-state index < -0.39 is 6.23 Å². The summed E-state index contributed by atoms with van der Waals surface area (Å²) >= 11 is 0. The number of aliphatic hydroxyl groups excluding tert-OH is 1. The van der Waals surface area contributed by atoms with Gasteiger partial charge in [0.05, 0.1) is 0 Å². The Morgan fingerprint density at radius 1 is 1.54 bits per heavy atom. The zero-order chi connectivity index (χ0) is 9.59. The van der Waals surface area contributed by atoms with Gasteiger partial charge >= 0.3 is 0 Å². The Kier molecular flexibility index (Phi) is 1.53. The van der Waals surface area contributed by atoms with Crippen molar-refractivity contribution in [2.45, 2.75) is 6.23 Å². The van der Waals surface area contributed by atoms with Crippen molar-refractivity contribution in [3.63, 3.8) is 0 Å². The molecule has 3 N–H and O–H groups in total. The molecule has 68 valence electrons. The van der Waals surface area contributed by atoms with Crippen LogP contribution in [0.5, 0.6) is 0 Å². The molecule has 0 bridgehead atoms. The van der Waals surface area contributed by atoms with Gasteiger partial charge in [0.15, 0.2) is 6.23 Å². The van der Waals surface area contributed by atoms with Crippen LogP contribution in [0.15, 0.2) is 18.2 Å². The molecular weight excluding hydrogens is 168 g/mol. The maximum atomic E-state index is 11.5. The number of aliphatic hydroxyl groups is 1. The molecule has 0 spiro atoms. The number of nitrogens with two attached hydrogens (primary N) is 1. The van der Waals surface area contributed by atoms with Crippen LogP contribution in [0.1, 0.15) is 22.1 Å². The Balaban J connectivity index is 2.60. The molecule has 1 heterocycles. The average molecular weight is 178 g/mol. The topological polar surface area (TPSA) is 66.6 Å². The zero-order valence-corrected chi connectivity index (χ0v) is 7.19. The number of amides is 1. The summed E-state index contributed by atoms with van der Waals surface area (Å²) in [6.07, 6.45) is -0.830. The van der Waals surface area contributed by atoms with Gasteiger partial charge in [-0.1, -0.05) is 6.07 Å². The minimum absolute atomic E-state index is 0.185.